The molecule has 2 atom stereocenters. The molecule has 0 saturated carbocycles. The van der Waals surface area contributed by atoms with Crippen molar-refractivity contribution >= 4 is 16.9 Å². The number of esters is 1. The Morgan fingerprint density at radius 1 is 1.32 bits per heavy atom. The number of rotatable bonds is 2. The Morgan fingerprint density at radius 2 is 2.06 bits per heavy atom. The highest BCUT2D eigenvalue weighted by molar-refractivity contribution is 5.90. The van der Waals surface area contributed by atoms with Crippen molar-refractivity contribution < 1.29 is 24.1 Å². The lowest BCUT2D eigenvalue weighted by atomic mass is 9.86. The van der Waals surface area contributed by atoms with E-state index < -0.39 is 34.7 Å². The van der Waals surface area contributed by atoms with Crippen molar-refractivity contribution in [2.24, 2.45) is 5.73 Å². The first-order chi connectivity index (χ1) is 14.7. The van der Waals surface area contributed by atoms with Crippen molar-refractivity contribution in [3.05, 3.63) is 56.6 Å². The quantitative estimate of drug-likeness (QED) is 0.419. The molecule has 160 valence electrons. The van der Waals surface area contributed by atoms with Crippen molar-refractivity contribution in [2.75, 3.05) is 0 Å². The number of nitrogens with two attached hydrogens (primary N) is 1. The van der Waals surface area contributed by atoms with Crippen LogP contribution in [0, 0.1) is 5.82 Å². The number of fused-ring (bicyclic) bond motifs is 5. The number of phenolic OH excluding ortho intramolecular Hbond substituents is 1. The van der Waals surface area contributed by atoms with Gasteiger partial charge < -0.3 is 25.3 Å². The molecule has 0 bridgehead atoms. The second kappa shape index (κ2) is 6.35. The van der Waals surface area contributed by atoms with E-state index in [0.29, 0.717) is 27.9 Å². The van der Waals surface area contributed by atoms with Gasteiger partial charge >= 0.3 is 5.97 Å². The van der Waals surface area contributed by atoms with Gasteiger partial charge in [-0.15, -0.1) is 0 Å². The van der Waals surface area contributed by atoms with Gasteiger partial charge in [-0.25, -0.2) is 14.2 Å². The van der Waals surface area contributed by atoms with Crippen LogP contribution in [0.4, 0.5) is 4.39 Å². The highest BCUT2D eigenvalue weighted by Crippen LogP contribution is 2.42. The second-order valence-electron chi connectivity index (χ2n) is 8.07. The summed E-state index contributed by atoms with van der Waals surface area (Å²) in [5.41, 5.74) is 6.79. The Labute approximate surface area is 175 Å². The van der Waals surface area contributed by atoms with E-state index in [1.54, 1.807) is 19.9 Å². The lowest BCUT2D eigenvalue weighted by Gasteiger charge is -2.31. The number of halogens is 1. The summed E-state index contributed by atoms with van der Waals surface area (Å²) in [7, 11) is 0. The molecule has 3 aromatic rings. The van der Waals surface area contributed by atoms with Gasteiger partial charge in [0, 0.05) is 28.6 Å². The van der Waals surface area contributed by atoms with Crippen molar-refractivity contribution in [2.45, 2.75) is 45.1 Å². The third-order valence-electron chi connectivity index (χ3n) is 6.26. The number of carbonyl (C=O) groups is 1. The lowest BCUT2D eigenvalue weighted by Crippen LogP contribution is -2.44. The SMILES string of the molecule is CC[C@@]1(O)C(=O)OCc2c1cc1n(c2=O)Cc2c-1nc1cc(F)c(O)cc1c2[C@H](C)N. The molecule has 2 aliphatic heterocycles. The first kappa shape index (κ1) is 19.7. The number of aromatic hydroxyl groups is 1. The van der Waals surface area contributed by atoms with Gasteiger partial charge in [0.2, 0.25) is 0 Å². The van der Waals surface area contributed by atoms with Crippen LogP contribution < -0.4 is 11.3 Å². The van der Waals surface area contributed by atoms with E-state index in [1.165, 1.54) is 10.6 Å². The molecular weight excluding hydrogens is 405 g/mol. The van der Waals surface area contributed by atoms with Gasteiger partial charge in [0.1, 0.15) is 6.61 Å². The van der Waals surface area contributed by atoms with Crippen molar-refractivity contribution in [1.29, 1.82) is 0 Å². The maximum absolute atomic E-state index is 14.0. The summed E-state index contributed by atoms with van der Waals surface area (Å²) in [5, 5.41) is 21.3. The van der Waals surface area contributed by atoms with Crippen LogP contribution in [0.25, 0.3) is 22.3 Å². The van der Waals surface area contributed by atoms with Crippen LogP contribution in [0.5, 0.6) is 5.75 Å². The first-order valence-electron chi connectivity index (χ1n) is 9.95. The minimum atomic E-state index is -1.93. The number of hydrogen-bond donors (Lipinski definition) is 3. The summed E-state index contributed by atoms with van der Waals surface area (Å²) in [4.78, 5) is 30.1. The Balaban J connectivity index is 1.86. The Morgan fingerprint density at radius 3 is 2.74 bits per heavy atom. The highest BCUT2D eigenvalue weighted by Gasteiger charge is 2.45. The summed E-state index contributed by atoms with van der Waals surface area (Å²) in [6.07, 6.45) is 0.0370. The molecular formula is C22H20FN3O5. The average Bonchev–Trinajstić information content (AvgIpc) is 3.08. The summed E-state index contributed by atoms with van der Waals surface area (Å²) in [6.45, 7) is 3.34. The predicted octanol–water partition coefficient (Wildman–Crippen LogP) is 1.94. The van der Waals surface area contributed by atoms with Gasteiger partial charge in [0.25, 0.3) is 5.56 Å². The molecule has 0 fully saturated rings. The lowest BCUT2D eigenvalue weighted by molar-refractivity contribution is -0.172. The van der Waals surface area contributed by atoms with E-state index in [4.69, 9.17) is 10.5 Å². The van der Waals surface area contributed by atoms with Crippen LogP contribution in [0.1, 0.15) is 48.6 Å². The number of phenols is 1. The van der Waals surface area contributed by atoms with E-state index in [-0.39, 0.29) is 36.2 Å². The molecule has 2 aliphatic rings. The number of ether oxygens (including phenoxy) is 1. The molecule has 9 heteroatoms. The molecule has 5 rings (SSSR count). The fraction of sp³-hybridized carbons (Fsp3) is 0.318. The Bertz CT molecular complexity index is 1360. The van der Waals surface area contributed by atoms with Crippen LogP contribution in [-0.2, 0) is 28.3 Å². The van der Waals surface area contributed by atoms with Gasteiger partial charge in [-0.2, -0.15) is 0 Å². The van der Waals surface area contributed by atoms with E-state index in [1.807, 2.05) is 0 Å². The molecule has 0 unspecified atom stereocenters. The molecule has 0 amide bonds. The smallest absolute Gasteiger partial charge is 0.343 e. The third kappa shape index (κ3) is 2.50. The van der Waals surface area contributed by atoms with Crippen LogP contribution in [0.15, 0.2) is 23.0 Å². The largest absolute Gasteiger partial charge is 0.505 e. The molecule has 8 nitrogen and oxygen atoms in total. The number of nitrogens with zero attached hydrogens (tertiary/aromatic N) is 2. The summed E-state index contributed by atoms with van der Waals surface area (Å²) in [6, 6.07) is 3.51. The molecule has 31 heavy (non-hydrogen) atoms. The zero-order valence-electron chi connectivity index (χ0n) is 16.9. The van der Waals surface area contributed by atoms with Crippen molar-refractivity contribution in [1.82, 2.24) is 9.55 Å². The molecule has 0 aliphatic carbocycles. The molecule has 1 aromatic carbocycles. The summed E-state index contributed by atoms with van der Waals surface area (Å²) in [5.74, 6) is -2.13. The summed E-state index contributed by atoms with van der Waals surface area (Å²) >= 11 is 0. The van der Waals surface area contributed by atoms with Crippen LogP contribution >= 0.6 is 0 Å². The highest BCUT2D eigenvalue weighted by atomic mass is 19.1. The first-order valence-corrected chi connectivity index (χ1v) is 9.95. The van der Waals surface area contributed by atoms with Crippen LogP contribution in [0.2, 0.25) is 0 Å². The number of aliphatic hydroxyl groups is 1. The summed E-state index contributed by atoms with van der Waals surface area (Å²) < 4.78 is 20.6. The number of benzene rings is 1. The molecule has 0 saturated heterocycles. The fourth-order valence-electron chi connectivity index (χ4n) is 4.64. The number of cyclic esters (lactones) is 1. The van der Waals surface area contributed by atoms with E-state index in [2.05, 4.69) is 4.98 Å². The molecule has 0 spiro atoms. The maximum atomic E-state index is 14.0. The van der Waals surface area contributed by atoms with Crippen molar-refractivity contribution in [3.63, 3.8) is 0 Å². The standard InChI is InChI=1S/C22H20FN3O5/c1-3-22(30)13-5-16-19-11(7-26(16)20(28)12(13)8-31-21(22)29)18(9(2)24)10-4-17(27)14(23)6-15(10)25-19/h4-6,9,27,30H,3,7-8,24H2,1-2H3/t9-,22-/m0/s1. The van der Waals surface area contributed by atoms with E-state index in [0.717, 1.165) is 6.07 Å². The van der Waals surface area contributed by atoms with Gasteiger partial charge in [0.05, 0.1) is 29.0 Å². The molecule has 0 radical (unpaired) electrons. The van der Waals surface area contributed by atoms with Gasteiger partial charge in [0.15, 0.2) is 17.2 Å². The van der Waals surface area contributed by atoms with E-state index >= 15 is 0 Å². The minimum Gasteiger partial charge on any atom is -0.505 e. The zero-order valence-corrected chi connectivity index (χ0v) is 16.9. The Hall–Kier alpha value is -3.30. The fourth-order valence-corrected chi connectivity index (χ4v) is 4.64. The van der Waals surface area contributed by atoms with Gasteiger partial charge in [-0.1, -0.05) is 6.92 Å². The third-order valence-corrected chi connectivity index (χ3v) is 6.26. The second-order valence-corrected chi connectivity index (χ2v) is 8.07. The topological polar surface area (TPSA) is 128 Å². The predicted molar refractivity (Wildman–Crippen MR) is 109 cm³/mol. The Kier molecular flexibility index (Phi) is 4.03. The number of carbonyl (C=O) groups excluding carboxylic acids is 1. The zero-order chi connectivity index (χ0) is 22.2. The number of pyridine rings is 2. The van der Waals surface area contributed by atoms with Crippen LogP contribution in [0.3, 0.4) is 0 Å². The average molecular weight is 425 g/mol. The minimum absolute atomic E-state index is 0.0370. The maximum Gasteiger partial charge on any atom is 0.343 e. The number of hydrogen-bond acceptors (Lipinski definition) is 7. The normalized spacial score (nSPS) is 20.2. The van der Waals surface area contributed by atoms with Gasteiger partial charge in [-0.3, -0.25) is 4.79 Å². The monoisotopic (exact) mass is 425 g/mol. The molecule has 4 N–H and O–H groups in total. The molecule has 4 heterocycles. The van der Waals surface area contributed by atoms with E-state index in [9.17, 15) is 24.2 Å². The molecule has 2 aromatic heterocycles. The van der Waals surface area contributed by atoms with Crippen LogP contribution in [-0.4, -0.2) is 25.7 Å². The number of aromatic nitrogens is 2. The van der Waals surface area contributed by atoms with Crippen molar-refractivity contribution in [3.8, 4) is 17.1 Å². The van der Waals surface area contributed by atoms with Gasteiger partial charge in [-0.05, 0) is 31.0 Å².